The van der Waals surface area contributed by atoms with Crippen molar-refractivity contribution in [3.8, 4) is 5.75 Å². The lowest BCUT2D eigenvalue weighted by Gasteiger charge is -2.08. The Labute approximate surface area is 117 Å². The minimum Gasteiger partial charge on any atom is -0.507 e. The Bertz CT molecular complexity index is 657. The fraction of sp³-hybridized carbons (Fsp3) is 0.176. The molecule has 0 aromatic heterocycles. The van der Waals surface area contributed by atoms with Crippen molar-refractivity contribution in [2.24, 2.45) is 0 Å². The van der Waals surface area contributed by atoms with Crippen LogP contribution in [0.25, 0.3) is 0 Å². The molecule has 0 radical (unpaired) electrons. The summed E-state index contributed by atoms with van der Waals surface area (Å²) in [6.45, 7) is 3.58. The molecule has 2 aromatic rings. The Kier molecular flexibility index (Phi) is 3.99. The monoisotopic (exact) mass is 268 g/mol. The van der Waals surface area contributed by atoms with Gasteiger partial charge in [0.25, 0.3) is 0 Å². The van der Waals surface area contributed by atoms with Crippen LogP contribution in [0.1, 0.15) is 38.3 Å². The Morgan fingerprint density at radius 1 is 1.00 bits per heavy atom. The second kappa shape index (κ2) is 5.70. The van der Waals surface area contributed by atoms with Crippen LogP contribution in [0.5, 0.6) is 5.75 Å². The van der Waals surface area contributed by atoms with Crippen LogP contribution >= 0.6 is 0 Å². The Morgan fingerprint density at radius 2 is 1.65 bits per heavy atom. The number of aromatic hydroxyl groups is 1. The second-order valence-electron chi connectivity index (χ2n) is 4.87. The summed E-state index contributed by atoms with van der Waals surface area (Å²) in [5.74, 6) is -0.640. The van der Waals surface area contributed by atoms with Gasteiger partial charge in [-0.3, -0.25) is 9.59 Å². The molecule has 0 spiro atoms. The van der Waals surface area contributed by atoms with E-state index in [0.29, 0.717) is 11.1 Å². The minimum atomic E-state index is -0.358. The smallest absolute Gasteiger partial charge is 0.174 e. The maximum atomic E-state index is 12.2. The van der Waals surface area contributed by atoms with Gasteiger partial charge in [-0.15, -0.1) is 0 Å². The fourth-order valence-corrected chi connectivity index (χ4v) is 2.14. The van der Waals surface area contributed by atoms with Crippen molar-refractivity contribution in [2.75, 3.05) is 0 Å². The maximum absolute atomic E-state index is 12.2. The topological polar surface area (TPSA) is 54.4 Å². The molecule has 2 rings (SSSR count). The molecule has 0 bridgehead atoms. The van der Waals surface area contributed by atoms with Crippen LogP contribution in [-0.2, 0) is 0 Å². The summed E-state index contributed by atoms with van der Waals surface area (Å²) in [6, 6.07) is 12.1. The Hall–Kier alpha value is -2.42. The lowest BCUT2D eigenvalue weighted by atomic mass is 9.97. The van der Waals surface area contributed by atoms with Crippen molar-refractivity contribution in [3.63, 3.8) is 0 Å². The Morgan fingerprint density at radius 3 is 2.30 bits per heavy atom. The number of phenols is 1. The highest BCUT2D eigenvalue weighted by atomic mass is 16.3. The van der Waals surface area contributed by atoms with Crippen molar-refractivity contribution in [3.05, 3.63) is 64.7 Å². The minimum absolute atomic E-state index is 0.0403. The average molecular weight is 268 g/mol. The first-order chi connectivity index (χ1) is 9.49. The molecule has 0 saturated carbocycles. The number of phenolic OH excluding ortho intramolecular Hbond substituents is 1. The predicted molar refractivity (Wildman–Crippen MR) is 77.3 cm³/mol. The van der Waals surface area contributed by atoms with E-state index >= 15 is 0 Å². The molecule has 0 unspecified atom stereocenters. The van der Waals surface area contributed by atoms with E-state index in [-0.39, 0.29) is 29.3 Å². The van der Waals surface area contributed by atoms with Crippen LogP contribution in [-0.4, -0.2) is 16.7 Å². The molecule has 0 saturated heterocycles. The molecule has 20 heavy (non-hydrogen) atoms. The second-order valence-corrected chi connectivity index (χ2v) is 4.87. The number of hydrogen-bond acceptors (Lipinski definition) is 3. The third kappa shape index (κ3) is 2.94. The summed E-state index contributed by atoms with van der Waals surface area (Å²) >= 11 is 0. The summed E-state index contributed by atoms with van der Waals surface area (Å²) < 4.78 is 0. The van der Waals surface area contributed by atoms with Gasteiger partial charge in [0.2, 0.25) is 0 Å². The highest BCUT2D eigenvalue weighted by Gasteiger charge is 2.18. The van der Waals surface area contributed by atoms with Gasteiger partial charge in [0.05, 0.1) is 12.0 Å². The number of ketones is 2. The van der Waals surface area contributed by atoms with E-state index in [2.05, 4.69) is 0 Å². The van der Waals surface area contributed by atoms with Crippen LogP contribution in [0.3, 0.4) is 0 Å². The van der Waals surface area contributed by atoms with Crippen molar-refractivity contribution in [2.45, 2.75) is 20.3 Å². The van der Waals surface area contributed by atoms with Crippen LogP contribution in [0, 0.1) is 13.8 Å². The Balaban J connectivity index is 2.23. The first-order valence-corrected chi connectivity index (χ1v) is 6.40. The third-order valence-electron chi connectivity index (χ3n) is 3.16. The lowest BCUT2D eigenvalue weighted by Crippen LogP contribution is -2.09. The van der Waals surface area contributed by atoms with E-state index in [1.807, 2.05) is 13.0 Å². The van der Waals surface area contributed by atoms with Crippen LogP contribution < -0.4 is 0 Å². The first-order valence-electron chi connectivity index (χ1n) is 6.40. The number of carbonyl (C=O) groups is 2. The summed E-state index contributed by atoms with van der Waals surface area (Å²) in [6.07, 6.45) is -0.236. The van der Waals surface area contributed by atoms with Crippen molar-refractivity contribution in [1.29, 1.82) is 0 Å². The van der Waals surface area contributed by atoms with E-state index in [4.69, 9.17) is 0 Å². The molecule has 3 heteroatoms. The van der Waals surface area contributed by atoms with Crippen molar-refractivity contribution in [1.82, 2.24) is 0 Å². The van der Waals surface area contributed by atoms with Gasteiger partial charge >= 0.3 is 0 Å². The number of Topliss-reactive ketones (excluding diaryl/α,β-unsaturated/α-hetero) is 2. The molecule has 0 aliphatic heterocycles. The van der Waals surface area contributed by atoms with Crippen LogP contribution in [0.2, 0.25) is 0 Å². The number of benzene rings is 2. The van der Waals surface area contributed by atoms with Gasteiger partial charge in [-0.2, -0.15) is 0 Å². The van der Waals surface area contributed by atoms with Crippen LogP contribution in [0.15, 0.2) is 42.5 Å². The largest absolute Gasteiger partial charge is 0.507 e. The summed E-state index contributed by atoms with van der Waals surface area (Å²) in [4.78, 5) is 24.2. The molecular weight excluding hydrogens is 252 g/mol. The number of aryl methyl sites for hydroxylation is 2. The highest BCUT2D eigenvalue weighted by molar-refractivity contribution is 6.14. The molecule has 0 atom stereocenters. The molecular formula is C17H16O3. The van der Waals surface area contributed by atoms with Crippen molar-refractivity contribution < 1.29 is 14.7 Å². The van der Waals surface area contributed by atoms with Gasteiger partial charge in [0.1, 0.15) is 5.75 Å². The number of rotatable bonds is 4. The maximum Gasteiger partial charge on any atom is 0.174 e. The van der Waals surface area contributed by atoms with E-state index in [1.165, 1.54) is 0 Å². The SMILES string of the molecule is Cc1cc(C)c(O)c(C(=O)CC(=O)c2ccccc2)c1. The van der Waals surface area contributed by atoms with Gasteiger partial charge in [-0.25, -0.2) is 0 Å². The van der Waals surface area contributed by atoms with Gasteiger partial charge in [-0.05, 0) is 31.0 Å². The summed E-state index contributed by atoms with van der Waals surface area (Å²) in [7, 11) is 0. The third-order valence-corrected chi connectivity index (χ3v) is 3.16. The molecule has 0 fully saturated rings. The average Bonchev–Trinajstić information content (AvgIpc) is 2.43. The molecule has 102 valence electrons. The quantitative estimate of drug-likeness (QED) is 0.682. The zero-order valence-electron chi connectivity index (χ0n) is 11.5. The van der Waals surface area contributed by atoms with E-state index < -0.39 is 0 Å². The van der Waals surface area contributed by atoms with Gasteiger partial charge in [0.15, 0.2) is 11.6 Å². The zero-order chi connectivity index (χ0) is 14.7. The summed E-state index contributed by atoms with van der Waals surface area (Å²) in [5.41, 5.74) is 2.24. The van der Waals surface area contributed by atoms with Crippen molar-refractivity contribution >= 4 is 11.6 Å². The standard InChI is InChI=1S/C17H16O3/c1-11-8-12(2)17(20)14(9-11)16(19)10-15(18)13-6-4-3-5-7-13/h3-9,20H,10H2,1-2H3. The van der Waals surface area contributed by atoms with Crippen LogP contribution in [0.4, 0.5) is 0 Å². The van der Waals surface area contributed by atoms with Gasteiger partial charge in [0, 0.05) is 5.56 Å². The zero-order valence-corrected chi connectivity index (χ0v) is 11.5. The fourth-order valence-electron chi connectivity index (χ4n) is 2.14. The first kappa shape index (κ1) is 14.0. The summed E-state index contributed by atoms with van der Waals surface area (Å²) in [5, 5.41) is 9.94. The van der Waals surface area contributed by atoms with E-state index in [1.54, 1.807) is 43.3 Å². The molecule has 2 aromatic carbocycles. The molecule has 1 N–H and O–H groups in total. The van der Waals surface area contributed by atoms with E-state index in [9.17, 15) is 14.7 Å². The molecule has 0 aliphatic rings. The van der Waals surface area contributed by atoms with Gasteiger partial charge < -0.3 is 5.11 Å². The molecule has 0 heterocycles. The number of hydrogen-bond donors (Lipinski definition) is 1. The number of carbonyl (C=O) groups excluding carboxylic acids is 2. The van der Waals surface area contributed by atoms with Gasteiger partial charge in [-0.1, -0.05) is 36.4 Å². The lowest BCUT2D eigenvalue weighted by molar-refractivity contribution is 0.0893. The predicted octanol–water partition coefficient (Wildman–Crippen LogP) is 3.46. The highest BCUT2D eigenvalue weighted by Crippen LogP contribution is 2.25. The van der Waals surface area contributed by atoms with E-state index in [0.717, 1.165) is 5.56 Å². The normalized spacial score (nSPS) is 10.3. The molecule has 3 nitrogen and oxygen atoms in total. The molecule has 0 amide bonds. The molecule has 0 aliphatic carbocycles.